The fraction of sp³-hybridized carbons (Fsp3) is 0.500. The first kappa shape index (κ1) is 14.1. The SMILES string of the molecule is CC(C)N(CCC#N)c1nc(Cl)ncc1[N+](=O)[O-]. The van der Waals surface area contributed by atoms with Crippen molar-refractivity contribution in [2.24, 2.45) is 0 Å². The van der Waals surface area contributed by atoms with Gasteiger partial charge in [-0.1, -0.05) is 0 Å². The molecule has 0 aromatic carbocycles. The summed E-state index contributed by atoms with van der Waals surface area (Å²) in [5.41, 5.74) is -0.217. The largest absolute Gasteiger partial charge is 0.347 e. The lowest BCUT2D eigenvalue weighted by molar-refractivity contribution is -0.384. The first-order valence-electron chi connectivity index (χ1n) is 5.28. The highest BCUT2D eigenvalue weighted by Gasteiger charge is 2.24. The summed E-state index contributed by atoms with van der Waals surface area (Å²) in [6, 6.07) is 1.96. The molecule has 0 amide bonds. The van der Waals surface area contributed by atoms with E-state index >= 15 is 0 Å². The first-order valence-corrected chi connectivity index (χ1v) is 5.65. The summed E-state index contributed by atoms with van der Waals surface area (Å²) in [6.45, 7) is 4.07. The van der Waals surface area contributed by atoms with Gasteiger partial charge in [0.15, 0.2) is 0 Å². The van der Waals surface area contributed by atoms with E-state index in [4.69, 9.17) is 16.9 Å². The Morgan fingerprint density at radius 3 is 2.83 bits per heavy atom. The van der Waals surface area contributed by atoms with Crippen molar-refractivity contribution in [2.75, 3.05) is 11.4 Å². The molecule has 0 unspecified atom stereocenters. The fourth-order valence-electron chi connectivity index (χ4n) is 1.46. The summed E-state index contributed by atoms with van der Waals surface area (Å²) in [7, 11) is 0. The average molecular weight is 270 g/mol. The molecule has 0 saturated carbocycles. The zero-order valence-electron chi connectivity index (χ0n) is 10.00. The molecule has 0 aliphatic heterocycles. The first-order chi connectivity index (χ1) is 8.47. The van der Waals surface area contributed by atoms with Gasteiger partial charge in [-0.05, 0) is 25.4 Å². The molecule has 96 valence electrons. The van der Waals surface area contributed by atoms with Crippen molar-refractivity contribution in [2.45, 2.75) is 26.3 Å². The Morgan fingerprint density at radius 2 is 2.33 bits per heavy atom. The highest BCUT2D eigenvalue weighted by Crippen LogP contribution is 2.27. The molecule has 1 aromatic rings. The van der Waals surface area contributed by atoms with Crippen molar-refractivity contribution in [3.05, 3.63) is 21.6 Å². The van der Waals surface area contributed by atoms with E-state index in [2.05, 4.69) is 9.97 Å². The second kappa shape index (κ2) is 6.12. The van der Waals surface area contributed by atoms with Crippen LogP contribution >= 0.6 is 11.6 Å². The van der Waals surface area contributed by atoms with Crippen LogP contribution in [0.3, 0.4) is 0 Å². The number of nitrogens with zero attached hydrogens (tertiary/aromatic N) is 5. The monoisotopic (exact) mass is 269 g/mol. The Morgan fingerprint density at radius 1 is 1.67 bits per heavy atom. The molecular weight excluding hydrogens is 258 g/mol. The molecular formula is C10H12ClN5O2. The summed E-state index contributed by atoms with van der Waals surface area (Å²) in [6.07, 6.45) is 1.32. The smallest absolute Gasteiger partial charge is 0.329 e. The van der Waals surface area contributed by atoms with Crippen LogP contribution in [0.2, 0.25) is 5.28 Å². The summed E-state index contributed by atoms with van der Waals surface area (Å²) < 4.78 is 0. The summed E-state index contributed by atoms with van der Waals surface area (Å²) >= 11 is 5.67. The van der Waals surface area contributed by atoms with E-state index in [0.717, 1.165) is 6.20 Å². The van der Waals surface area contributed by atoms with Crippen molar-refractivity contribution >= 4 is 23.1 Å². The predicted octanol–water partition coefficient (Wildman–Crippen LogP) is 2.17. The topological polar surface area (TPSA) is 96.0 Å². The molecule has 8 heteroatoms. The van der Waals surface area contributed by atoms with Gasteiger partial charge in [0.25, 0.3) is 0 Å². The molecule has 7 nitrogen and oxygen atoms in total. The van der Waals surface area contributed by atoms with Crippen LogP contribution in [0.15, 0.2) is 6.20 Å². The number of anilines is 1. The molecule has 1 heterocycles. The van der Waals surface area contributed by atoms with Crippen LogP contribution in [0.1, 0.15) is 20.3 Å². The molecule has 0 N–H and O–H groups in total. The van der Waals surface area contributed by atoms with Crippen molar-refractivity contribution in [3.63, 3.8) is 0 Å². The maximum absolute atomic E-state index is 10.9. The minimum atomic E-state index is -0.562. The highest BCUT2D eigenvalue weighted by atomic mass is 35.5. The van der Waals surface area contributed by atoms with Crippen molar-refractivity contribution in [3.8, 4) is 6.07 Å². The van der Waals surface area contributed by atoms with Gasteiger partial charge in [0.2, 0.25) is 11.1 Å². The molecule has 1 aromatic heterocycles. The lowest BCUT2D eigenvalue weighted by Gasteiger charge is -2.26. The third kappa shape index (κ3) is 3.28. The zero-order valence-corrected chi connectivity index (χ0v) is 10.8. The summed E-state index contributed by atoms with van der Waals surface area (Å²) in [5.74, 6) is 0.144. The number of nitro groups is 1. The van der Waals surface area contributed by atoms with Gasteiger partial charge in [-0.2, -0.15) is 10.2 Å². The molecule has 0 saturated heterocycles. The average Bonchev–Trinajstić information content (AvgIpc) is 2.28. The number of aromatic nitrogens is 2. The van der Waals surface area contributed by atoms with Crippen molar-refractivity contribution < 1.29 is 4.92 Å². The van der Waals surface area contributed by atoms with E-state index in [1.807, 2.05) is 19.9 Å². The molecule has 0 fully saturated rings. The van der Waals surface area contributed by atoms with Crippen LogP contribution in [0.5, 0.6) is 0 Å². The molecule has 18 heavy (non-hydrogen) atoms. The van der Waals surface area contributed by atoms with Gasteiger partial charge >= 0.3 is 5.69 Å². The van der Waals surface area contributed by atoms with Crippen molar-refractivity contribution in [1.29, 1.82) is 5.26 Å². The second-order valence-corrected chi connectivity index (χ2v) is 4.14. The van der Waals surface area contributed by atoms with E-state index in [9.17, 15) is 10.1 Å². The number of hydrogen-bond donors (Lipinski definition) is 0. The van der Waals surface area contributed by atoms with Crippen molar-refractivity contribution in [1.82, 2.24) is 9.97 Å². The van der Waals surface area contributed by atoms with Crippen LogP contribution in [0.4, 0.5) is 11.5 Å². The van der Waals surface area contributed by atoms with Gasteiger partial charge < -0.3 is 4.90 Å². The molecule has 0 bridgehead atoms. The van der Waals surface area contributed by atoms with Gasteiger partial charge in [0, 0.05) is 12.6 Å². The minimum Gasteiger partial charge on any atom is -0.347 e. The van der Waals surface area contributed by atoms with Crippen LogP contribution < -0.4 is 4.90 Å². The third-order valence-corrected chi connectivity index (χ3v) is 2.46. The lowest BCUT2D eigenvalue weighted by atomic mass is 10.2. The standard InChI is InChI=1S/C10H12ClN5O2/c1-7(2)15(5-3-4-12)9-8(16(17)18)6-13-10(11)14-9/h6-7H,3,5H2,1-2H3. The van der Waals surface area contributed by atoms with E-state index < -0.39 is 4.92 Å². The maximum atomic E-state index is 10.9. The Hall–Kier alpha value is -1.94. The Kier molecular flexibility index (Phi) is 4.80. The molecule has 0 aliphatic carbocycles. The molecule has 1 rings (SSSR count). The van der Waals surface area contributed by atoms with Gasteiger partial charge in [-0.15, -0.1) is 0 Å². The van der Waals surface area contributed by atoms with E-state index in [1.54, 1.807) is 4.90 Å². The second-order valence-electron chi connectivity index (χ2n) is 3.80. The Bertz CT molecular complexity index is 486. The zero-order chi connectivity index (χ0) is 13.7. The van der Waals surface area contributed by atoms with Gasteiger partial charge in [-0.25, -0.2) is 4.98 Å². The number of halogens is 1. The molecule has 0 radical (unpaired) electrons. The normalized spacial score (nSPS) is 10.2. The van der Waals surface area contributed by atoms with Crippen LogP contribution in [-0.2, 0) is 0 Å². The highest BCUT2D eigenvalue weighted by molar-refractivity contribution is 6.28. The summed E-state index contributed by atoms with van der Waals surface area (Å²) in [4.78, 5) is 19.5. The quantitative estimate of drug-likeness (QED) is 0.462. The fourth-order valence-corrected chi connectivity index (χ4v) is 1.59. The Labute approximate surface area is 109 Å². The lowest BCUT2D eigenvalue weighted by Crippen LogP contribution is -2.33. The van der Waals surface area contributed by atoms with Gasteiger partial charge in [0.05, 0.1) is 17.4 Å². The van der Waals surface area contributed by atoms with Gasteiger partial charge in [-0.3, -0.25) is 10.1 Å². The number of nitriles is 1. The minimum absolute atomic E-state index is 0.0389. The van der Waals surface area contributed by atoms with E-state index in [1.165, 1.54) is 0 Å². The molecule has 0 aliphatic rings. The molecule has 0 atom stereocenters. The van der Waals surface area contributed by atoms with Gasteiger partial charge in [0.1, 0.15) is 6.20 Å². The van der Waals surface area contributed by atoms with E-state index in [0.29, 0.717) is 6.54 Å². The van der Waals surface area contributed by atoms with E-state index in [-0.39, 0.29) is 29.3 Å². The van der Waals surface area contributed by atoms with Crippen LogP contribution in [0.25, 0.3) is 0 Å². The Balaban J connectivity index is 3.21. The predicted molar refractivity (Wildman–Crippen MR) is 66.4 cm³/mol. The number of rotatable bonds is 5. The maximum Gasteiger partial charge on any atom is 0.329 e. The number of hydrogen-bond acceptors (Lipinski definition) is 6. The third-order valence-electron chi connectivity index (χ3n) is 2.28. The summed E-state index contributed by atoms with van der Waals surface area (Å²) in [5, 5.41) is 19.5. The van der Waals surface area contributed by atoms with Crippen LogP contribution in [-0.4, -0.2) is 27.5 Å². The molecule has 0 spiro atoms. The van der Waals surface area contributed by atoms with Crippen LogP contribution in [0, 0.1) is 21.4 Å².